The van der Waals surface area contributed by atoms with Crippen molar-refractivity contribution in [2.75, 3.05) is 11.9 Å². The molecule has 1 aliphatic heterocycles. The molecule has 1 saturated heterocycles. The first-order valence-corrected chi connectivity index (χ1v) is 7.60. The van der Waals surface area contributed by atoms with E-state index >= 15 is 0 Å². The molecule has 1 saturated carbocycles. The van der Waals surface area contributed by atoms with Gasteiger partial charge in [0, 0.05) is 24.2 Å². The molecule has 0 aromatic carbocycles. The predicted octanol–water partition coefficient (Wildman–Crippen LogP) is 2.73. The van der Waals surface area contributed by atoms with Gasteiger partial charge in [-0.1, -0.05) is 42.1 Å². The normalized spacial score (nSPS) is 28.8. The number of halogens is 1. The highest BCUT2D eigenvalue weighted by Gasteiger charge is 2.41. The summed E-state index contributed by atoms with van der Waals surface area (Å²) >= 11 is 3.58. The summed E-state index contributed by atoms with van der Waals surface area (Å²) in [6.07, 6.45) is 6.38. The van der Waals surface area contributed by atoms with E-state index in [1.54, 1.807) is 0 Å². The van der Waals surface area contributed by atoms with Gasteiger partial charge in [0.25, 0.3) is 0 Å². The molecule has 1 heterocycles. The first-order chi connectivity index (χ1) is 8.08. The Kier molecular flexibility index (Phi) is 3.91. The summed E-state index contributed by atoms with van der Waals surface area (Å²) in [6, 6.07) is 0. The van der Waals surface area contributed by atoms with E-state index in [1.807, 2.05) is 6.92 Å². The Morgan fingerprint density at radius 1 is 1.29 bits per heavy atom. The van der Waals surface area contributed by atoms with Crippen molar-refractivity contribution in [3.05, 3.63) is 0 Å². The minimum absolute atomic E-state index is 0.0217. The lowest BCUT2D eigenvalue weighted by molar-refractivity contribution is -0.141. The maximum Gasteiger partial charge on any atom is 0.232 e. The van der Waals surface area contributed by atoms with Crippen LogP contribution >= 0.6 is 15.9 Å². The summed E-state index contributed by atoms with van der Waals surface area (Å²) in [7, 11) is 0. The quantitative estimate of drug-likeness (QED) is 0.594. The van der Waals surface area contributed by atoms with Crippen LogP contribution in [0, 0.1) is 11.3 Å². The molecule has 0 N–H and O–H groups in total. The minimum atomic E-state index is -0.113. The highest BCUT2D eigenvalue weighted by molar-refractivity contribution is 9.09. The molecule has 2 amide bonds. The number of amides is 2. The van der Waals surface area contributed by atoms with E-state index in [9.17, 15) is 9.59 Å². The number of carbonyl (C=O) groups excluding carboxylic acids is 2. The van der Waals surface area contributed by atoms with Crippen molar-refractivity contribution in [2.45, 2.75) is 45.4 Å². The van der Waals surface area contributed by atoms with Crippen molar-refractivity contribution in [1.29, 1.82) is 0 Å². The summed E-state index contributed by atoms with van der Waals surface area (Å²) in [5.41, 5.74) is 0.133. The molecule has 0 aromatic heterocycles. The lowest BCUT2D eigenvalue weighted by atomic mass is 9.75. The highest BCUT2D eigenvalue weighted by Crippen LogP contribution is 2.39. The lowest BCUT2D eigenvalue weighted by Crippen LogP contribution is -2.43. The standard InChI is InChI=1S/C13H20BrNO2/c1-10-7-11(16)15(12(10)17)9-13(8-14)5-3-2-4-6-13/h10H,2-9H2,1H3. The Morgan fingerprint density at radius 2 is 1.94 bits per heavy atom. The summed E-state index contributed by atoms with van der Waals surface area (Å²) in [5.74, 6) is -0.0623. The van der Waals surface area contributed by atoms with Crippen molar-refractivity contribution in [3.63, 3.8) is 0 Å². The molecular weight excluding hydrogens is 282 g/mol. The van der Waals surface area contributed by atoms with E-state index in [0.717, 1.165) is 18.2 Å². The van der Waals surface area contributed by atoms with Gasteiger partial charge in [0.2, 0.25) is 11.8 Å². The third-order valence-corrected chi connectivity index (χ3v) is 5.35. The molecule has 2 fully saturated rings. The van der Waals surface area contributed by atoms with Crippen LogP contribution in [0.3, 0.4) is 0 Å². The molecule has 1 atom stereocenters. The van der Waals surface area contributed by atoms with Crippen LogP contribution in [0.25, 0.3) is 0 Å². The fourth-order valence-corrected chi connectivity index (χ4v) is 3.72. The van der Waals surface area contributed by atoms with Crippen LogP contribution in [0.1, 0.15) is 45.4 Å². The minimum Gasteiger partial charge on any atom is -0.282 e. The van der Waals surface area contributed by atoms with Crippen molar-refractivity contribution in [3.8, 4) is 0 Å². The fourth-order valence-electron chi connectivity index (χ4n) is 2.99. The first kappa shape index (κ1) is 13.1. The highest BCUT2D eigenvalue weighted by atomic mass is 79.9. The van der Waals surface area contributed by atoms with Crippen LogP contribution in [0.5, 0.6) is 0 Å². The monoisotopic (exact) mass is 301 g/mol. The second-order valence-corrected chi connectivity index (χ2v) is 6.18. The summed E-state index contributed by atoms with van der Waals surface area (Å²) in [4.78, 5) is 25.3. The maximum atomic E-state index is 11.9. The second-order valence-electron chi connectivity index (χ2n) is 5.62. The number of hydrogen-bond donors (Lipinski definition) is 0. The maximum absolute atomic E-state index is 11.9. The Labute approximate surface area is 111 Å². The first-order valence-electron chi connectivity index (χ1n) is 6.48. The van der Waals surface area contributed by atoms with Gasteiger partial charge in [-0.05, 0) is 18.3 Å². The Bertz CT molecular complexity index is 323. The van der Waals surface area contributed by atoms with E-state index < -0.39 is 0 Å². The van der Waals surface area contributed by atoms with Gasteiger partial charge in [-0.15, -0.1) is 0 Å². The van der Waals surface area contributed by atoms with Crippen LogP contribution in [-0.2, 0) is 9.59 Å². The van der Waals surface area contributed by atoms with Gasteiger partial charge in [0.1, 0.15) is 0 Å². The van der Waals surface area contributed by atoms with E-state index in [-0.39, 0.29) is 23.1 Å². The van der Waals surface area contributed by atoms with Gasteiger partial charge in [0.15, 0.2) is 0 Å². The van der Waals surface area contributed by atoms with Gasteiger partial charge >= 0.3 is 0 Å². The van der Waals surface area contributed by atoms with Crippen molar-refractivity contribution in [2.24, 2.45) is 11.3 Å². The van der Waals surface area contributed by atoms with E-state index in [2.05, 4.69) is 15.9 Å². The Balaban J connectivity index is 2.08. The molecular formula is C13H20BrNO2. The van der Waals surface area contributed by atoms with Crippen molar-refractivity contribution in [1.82, 2.24) is 4.90 Å². The van der Waals surface area contributed by atoms with Gasteiger partial charge in [-0.3, -0.25) is 14.5 Å². The molecule has 2 rings (SSSR count). The smallest absolute Gasteiger partial charge is 0.232 e. The number of nitrogens with zero attached hydrogens (tertiary/aromatic N) is 1. The van der Waals surface area contributed by atoms with E-state index in [4.69, 9.17) is 0 Å². The molecule has 0 aromatic rings. The number of rotatable bonds is 3. The zero-order valence-corrected chi connectivity index (χ0v) is 12.0. The molecule has 3 nitrogen and oxygen atoms in total. The Hall–Kier alpha value is -0.380. The summed E-state index contributed by atoms with van der Waals surface area (Å²) in [6.45, 7) is 2.47. The van der Waals surface area contributed by atoms with Gasteiger partial charge in [-0.2, -0.15) is 0 Å². The van der Waals surface area contributed by atoms with Crippen LogP contribution in [0.15, 0.2) is 0 Å². The van der Waals surface area contributed by atoms with Crippen LogP contribution in [0.2, 0.25) is 0 Å². The van der Waals surface area contributed by atoms with Crippen LogP contribution in [-0.4, -0.2) is 28.6 Å². The molecule has 1 aliphatic carbocycles. The molecule has 96 valence electrons. The number of carbonyl (C=O) groups is 2. The summed E-state index contributed by atoms with van der Waals surface area (Å²) < 4.78 is 0. The van der Waals surface area contributed by atoms with Crippen LogP contribution < -0.4 is 0 Å². The molecule has 1 unspecified atom stereocenters. The molecule has 17 heavy (non-hydrogen) atoms. The molecule has 0 radical (unpaired) electrons. The second kappa shape index (κ2) is 5.09. The molecule has 2 aliphatic rings. The van der Waals surface area contributed by atoms with Gasteiger partial charge in [-0.25, -0.2) is 0 Å². The number of likely N-dealkylation sites (tertiary alicyclic amines) is 1. The number of alkyl halides is 1. The zero-order chi connectivity index (χ0) is 12.5. The topological polar surface area (TPSA) is 37.4 Å². The largest absolute Gasteiger partial charge is 0.282 e. The SMILES string of the molecule is CC1CC(=O)N(CC2(CBr)CCCCC2)C1=O. The Morgan fingerprint density at radius 3 is 2.41 bits per heavy atom. The molecule has 4 heteroatoms. The fraction of sp³-hybridized carbons (Fsp3) is 0.846. The van der Waals surface area contributed by atoms with Gasteiger partial charge < -0.3 is 0 Å². The zero-order valence-electron chi connectivity index (χ0n) is 10.4. The summed E-state index contributed by atoms with van der Waals surface area (Å²) in [5, 5.41) is 0.894. The van der Waals surface area contributed by atoms with Crippen molar-refractivity contribution < 1.29 is 9.59 Å². The van der Waals surface area contributed by atoms with Crippen LogP contribution in [0.4, 0.5) is 0 Å². The average Bonchev–Trinajstić information content (AvgIpc) is 2.57. The number of imide groups is 1. The van der Waals surface area contributed by atoms with Gasteiger partial charge in [0.05, 0.1) is 0 Å². The van der Waals surface area contributed by atoms with Crippen molar-refractivity contribution >= 4 is 27.7 Å². The third-order valence-electron chi connectivity index (χ3n) is 4.16. The van der Waals surface area contributed by atoms with E-state index in [0.29, 0.717) is 13.0 Å². The number of hydrogen-bond acceptors (Lipinski definition) is 2. The molecule has 0 bridgehead atoms. The lowest BCUT2D eigenvalue weighted by Gasteiger charge is -2.38. The van der Waals surface area contributed by atoms with E-state index in [1.165, 1.54) is 24.2 Å². The molecule has 0 spiro atoms. The average molecular weight is 302 g/mol. The third kappa shape index (κ3) is 2.56. The predicted molar refractivity (Wildman–Crippen MR) is 69.8 cm³/mol.